The van der Waals surface area contributed by atoms with Gasteiger partial charge in [0.2, 0.25) is 0 Å². The first-order chi connectivity index (χ1) is 8.72. The smallest absolute Gasteiger partial charge is 0.322 e. The molecule has 0 saturated heterocycles. The number of hydrogen-bond donors (Lipinski definition) is 1. The first-order valence-corrected chi connectivity index (χ1v) is 5.51. The highest BCUT2D eigenvalue weighted by molar-refractivity contribution is 5.43. The van der Waals surface area contributed by atoms with Gasteiger partial charge < -0.3 is 10.5 Å². The second kappa shape index (κ2) is 5.15. The van der Waals surface area contributed by atoms with Crippen LogP contribution in [0.3, 0.4) is 0 Å². The summed E-state index contributed by atoms with van der Waals surface area (Å²) in [6, 6.07) is 7.58. The Kier molecular flexibility index (Phi) is 3.39. The molecule has 0 fully saturated rings. The number of nitrogens with zero attached hydrogens (tertiary/aromatic N) is 3. The van der Waals surface area contributed by atoms with Crippen molar-refractivity contribution in [3.05, 3.63) is 41.7 Å². The minimum atomic E-state index is 0.239. The Bertz CT molecular complexity index is 587. The molecule has 0 spiro atoms. The predicted octanol–water partition coefficient (Wildman–Crippen LogP) is 2.29. The normalized spacial score (nSPS) is 9.78. The fraction of sp³-hybridized carbons (Fsp3) is 0.154. The van der Waals surface area contributed by atoms with Crippen LogP contribution in [-0.2, 0) is 6.42 Å². The van der Waals surface area contributed by atoms with Crippen LogP contribution in [0.5, 0.6) is 11.8 Å². The molecule has 0 aliphatic rings. The van der Waals surface area contributed by atoms with Crippen molar-refractivity contribution < 1.29 is 4.74 Å². The third kappa shape index (κ3) is 2.55. The highest BCUT2D eigenvalue weighted by atomic mass is 16.5. The Morgan fingerprint density at radius 2 is 2.06 bits per heavy atom. The Morgan fingerprint density at radius 3 is 2.67 bits per heavy atom. The SMILES string of the molecule is CCc1cc(C#N)ccc1Oc1ncc(N)cn1. The molecule has 0 aliphatic carbocycles. The molecule has 0 unspecified atom stereocenters. The molecule has 2 rings (SSSR count). The average molecular weight is 240 g/mol. The van der Waals surface area contributed by atoms with E-state index in [2.05, 4.69) is 16.0 Å². The maximum Gasteiger partial charge on any atom is 0.322 e. The van der Waals surface area contributed by atoms with Crippen molar-refractivity contribution in [3.8, 4) is 17.8 Å². The molecule has 1 heterocycles. The van der Waals surface area contributed by atoms with E-state index in [1.54, 1.807) is 18.2 Å². The van der Waals surface area contributed by atoms with Crippen molar-refractivity contribution in [3.63, 3.8) is 0 Å². The summed E-state index contributed by atoms with van der Waals surface area (Å²) in [5.41, 5.74) is 7.53. The van der Waals surface area contributed by atoms with E-state index >= 15 is 0 Å². The van der Waals surface area contributed by atoms with E-state index < -0.39 is 0 Å². The summed E-state index contributed by atoms with van der Waals surface area (Å²) < 4.78 is 5.57. The Labute approximate surface area is 105 Å². The van der Waals surface area contributed by atoms with E-state index in [1.165, 1.54) is 12.4 Å². The van der Waals surface area contributed by atoms with E-state index in [0.717, 1.165) is 12.0 Å². The summed E-state index contributed by atoms with van der Waals surface area (Å²) >= 11 is 0. The van der Waals surface area contributed by atoms with Crippen LogP contribution in [0, 0.1) is 11.3 Å². The van der Waals surface area contributed by atoms with Gasteiger partial charge >= 0.3 is 6.01 Å². The molecule has 1 aromatic heterocycles. The van der Waals surface area contributed by atoms with E-state index in [1.807, 2.05) is 6.92 Å². The molecule has 5 heteroatoms. The van der Waals surface area contributed by atoms with Gasteiger partial charge in [0.25, 0.3) is 0 Å². The predicted molar refractivity (Wildman–Crippen MR) is 67.1 cm³/mol. The molecule has 0 aliphatic heterocycles. The molecule has 0 amide bonds. The van der Waals surface area contributed by atoms with Gasteiger partial charge in [0.15, 0.2) is 0 Å². The van der Waals surface area contributed by atoms with Crippen LogP contribution in [0.2, 0.25) is 0 Å². The molecule has 90 valence electrons. The standard InChI is InChI=1S/C13H12N4O/c1-2-10-5-9(6-14)3-4-12(10)18-13-16-7-11(15)8-17-13/h3-5,7-8H,2,15H2,1H3. The van der Waals surface area contributed by atoms with Crippen LogP contribution in [0.15, 0.2) is 30.6 Å². The Balaban J connectivity index is 2.29. The largest absolute Gasteiger partial charge is 0.424 e. The fourth-order valence-corrected chi connectivity index (χ4v) is 1.50. The van der Waals surface area contributed by atoms with Gasteiger partial charge in [0.1, 0.15) is 5.75 Å². The summed E-state index contributed by atoms with van der Waals surface area (Å²) in [6.45, 7) is 1.99. The van der Waals surface area contributed by atoms with Gasteiger partial charge in [-0.3, -0.25) is 0 Å². The number of aryl methyl sites for hydroxylation is 1. The minimum Gasteiger partial charge on any atom is -0.424 e. The number of anilines is 1. The second-order valence-electron chi connectivity index (χ2n) is 3.69. The van der Waals surface area contributed by atoms with Gasteiger partial charge in [0.05, 0.1) is 29.7 Å². The quantitative estimate of drug-likeness (QED) is 0.889. The molecular formula is C13H12N4O. The zero-order chi connectivity index (χ0) is 13.0. The van der Waals surface area contributed by atoms with E-state index in [-0.39, 0.29) is 6.01 Å². The lowest BCUT2D eigenvalue weighted by atomic mass is 10.1. The van der Waals surface area contributed by atoms with Crippen LogP contribution >= 0.6 is 0 Å². The number of nitrogens with two attached hydrogens (primary N) is 1. The molecule has 2 aromatic rings. The number of ether oxygens (including phenoxy) is 1. The summed E-state index contributed by atoms with van der Waals surface area (Å²) in [7, 11) is 0. The maximum absolute atomic E-state index is 8.84. The molecule has 0 radical (unpaired) electrons. The van der Waals surface area contributed by atoms with Crippen LogP contribution < -0.4 is 10.5 Å². The monoisotopic (exact) mass is 240 g/mol. The van der Waals surface area contributed by atoms with Gasteiger partial charge in [-0.05, 0) is 30.2 Å². The molecule has 0 saturated carbocycles. The van der Waals surface area contributed by atoms with Crippen molar-refractivity contribution in [2.45, 2.75) is 13.3 Å². The number of nitrogen functional groups attached to an aromatic ring is 1. The van der Waals surface area contributed by atoms with Crippen LogP contribution in [-0.4, -0.2) is 9.97 Å². The number of hydrogen-bond acceptors (Lipinski definition) is 5. The Morgan fingerprint density at radius 1 is 1.33 bits per heavy atom. The van der Waals surface area contributed by atoms with Crippen molar-refractivity contribution >= 4 is 5.69 Å². The number of nitriles is 1. The van der Waals surface area contributed by atoms with Gasteiger partial charge in [-0.25, -0.2) is 9.97 Å². The van der Waals surface area contributed by atoms with Gasteiger partial charge in [0, 0.05) is 0 Å². The Hall–Kier alpha value is -2.61. The van der Waals surface area contributed by atoms with Crippen LogP contribution in [0.4, 0.5) is 5.69 Å². The van der Waals surface area contributed by atoms with Gasteiger partial charge in [-0.15, -0.1) is 0 Å². The summed E-state index contributed by atoms with van der Waals surface area (Å²) in [6.07, 6.45) is 3.73. The first-order valence-electron chi connectivity index (χ1n) is 5.51. The molecule has 0 atom stereocenters. The van der Waals surface area contributed by atoms with Crippen molar-refractivity contribution in [1.82, 2.24) is 9.97 Å². The number of benzene rings is 1. The zero-order valence-electron chi connectivity index (χ0n) is 9.92. The average Bonchev–Trinajstić information content (AvgIpc) is 2.41. The summed E-state index contributed by atoms with van der Waals surface area (Å²) in [5, 5.41) is 8.84. The van der Waals surface area contributed by atoms with Crippen molar-refractivity contribution in [2.24, 2.45) is 0 Å². The topological polar surface area (TPSA) is 84.8 Å². The molecule has 0 bridgehead atoms. The summed E-state index contributed by atoms with van der Waals surface area (Å²) in [4.78, 5) is 7.94. The lowest BCUT2D eigenvalue weighted by Gasteiger charge is -2.08. The van der Waals surface area contributed by atoms with Crippen molar-refractivity contribution in [1.29, 1.82) is 5.26 Å². The van der Waals surface area contributed by atoms with E-state index in [4.69, 9.17) is 15.7 Å². The van der Waals surface area contributed by atoms with E-state index in [9.17, 15) is 0 Å². The van der Waals surface area contributed by atoms with Crippen LogP contribution in [0.25, 0.3) is 0 Å². The number of aromatic nitrogens is 2. The van der Waals surface area contributed by atoms with Gasteiger partial charge in [-0.1, -0.05) is 6.92 Å². The highest BCUT2D eigenvalue weighted by Crippen LogP contribution is 2.24. The second-order valence-corrected chi connectivity index (χ2v) is 3.69. The highest BCUT2D eigenvalue weighted by Gasteiger charge is 2.06. The lowest BCUT2D eigenvalue weighted by Crippen LogP contribution is -1.96. The molecular weight excluding hydrogens is 228 g/mol. The zero-order valence-corrected chi connectivity index (χ0v) is 9.92. The summed E-state index contributed by atoms with van der Waals surface area (Å²) in [5.74, 6) is 0.654. The fourth-order valence-electron chi connectivity index (χ4n) is 1.50. The molecule has 5 nitrogen and oxygen atoms in total. The molecule has 1 aromatic carbocycles. The van der Waals surface area contributed by atoms with Crippen LogP contribution in [0.1, 0.15) is 18.1 Å². The third-order valence-corrected chi connectivity index (χ3v) is 2.42. The molecule has 18 heavy (non-hydrogen) atoms. The first kappa shape index (κ1) is 11.9. The lowest BCUT2D eigenvalue weighted by molar-refractivity contribution is 0.437. The van der Waals surface area contributed by atoms with Crippen molar-refractivity contribution in [2.75, 3.05) is 5.73 Å². The molecule has 2 N–H and O–H groups in total. The maximum atomic E-state index is 8.84. The van der Waals surface area contributed by atoms with E-state index in [0.29, 0.717) is 17.0 Å². The minimum absolute atomic E-state index is 0.239. The number of rotatable bonds is 3. The van der Waals surface area contributed by atoms with Gasteiger partial charge in [-0.2, -0.15) is 5.26 Å². The third-order valence-electron chi connectivity index (χ3n) is 2.42.